The molecular formula is C31H44O. The molecule has 0 heterocycles. The van der Waals surface area contributed by atoms with Crippen LogP contribution in [0.4, 0.5) is 0 Å². The highest BCUT2D eigenvalue weighted by atomic mass is 16.5. The van der Waals surface area contributed by atoms with E-state index >= 15 is 0 Å². The van der Waals surface area contributed by atoms with Crippen LogP contribution in [0.5, 0.6) is 0 Å². The number of ether oxygens (including phenoxy) is 1. The minimum absolute atomic E-state index is 0.733. The van der Waals surface area contributed by atoms with E-state index < -0.39 is 0 Å². The van der Waals surface area contributed by atoms with Crippen LogP contribution in [0.2, 0.25) is 0 Å². The van der Waals surface area contributed by atoms with E-state index in [9.17, 15) is 0 Å². The van der Waals surface area contributed by atoms with Gasteiger partial charge in [0.15, 0.2) is 0 Å². The average molecular weight is 433 g/mol. The van der Waals surface area contributed by atoms with Crippen LogP contribution in [-0.4, -0.2) is 13.2 Å². The van der Waals surface area contributed by atoms with Crippen molar-refractivity contribution in [2.24, 2.45) is 11.8 Å². The van der Waals surface area contributed by atoms with Crippen molar-refractivity contribution in [1.29, 1.82) is 0 Å². The quantitative estimate of drug-likeness (QED) is 0.359. The van der Waals surface area contributed by atoms with Crippen LogP contribution in [-0.2, 0) is 4.74 Å². The van der Waals surface area contributed by atoms with Crippen molar-refractivity contribution in [3.8, 4) is 11.1 Å². The summed E-state index contributed by atoms with van der Waals surface area (Å²) in [5.74, 6) is 3.27. The zero-order chi connectivity index (χ0) is 22.2. The van der Waals surface area contributed by atoms with Crippen molar-refractivity contribution in [2.45, 2.75) is 96.3 Å². The van der Waals surface area contributed by atoms with E-state index in [1.807, 2.05) is 0 Å². The second-order valence-corrected chi connectivity index (χ2v) is 10.5. The summed E-state index contributed by atoms with van der Waals surface area (Å²) in [6.07, 6.45) is 14.8. The zero-order valence-electron chi connectivity index (χ0n) is 20.5. The van der Waals surface area contributed by atoms with E-state index in [1.54, 1.807) is 5.56 Å². The molecule has 2 fully saturated rings. The van der Waals surface area contributed by atoms with Gasteiger partial charge in [-0.15, -0.1) is 0 Å². The summed E-state index contributed by atoms with van der Waals surface area (Å²) < 4.78 is 5.79. The summed E-state index contributed by atoms with van der Waals surface area (Å²) in [5, 5.41) is 0. The first-order chi connectivity index (χ1) is 15.8. The molecule has 1 heteroatoms. The summed E-state index contributed by atoms with van der Waals surface area (Å²) in [5.41, 5.74) is 5.80. The van der Waals surface area contributed by atoms with E-state index in [1.165, 1.54) is 80.9 Å². The fourth-order valence-electron chi connectivity index (χ4n) is 6.14. The van der Waals surface area contributed by atoms with Crippen molar-refractivity contribution < 1.29 is 4.74 Å². The summed E-state index contributed by atoms with van der Waals surface area (Å²) in [7, 11) is 0. The molecule has 2 aromatic rings. The summed E-state index contributed by atoms with van der Waals surface area (Å²) >= 11 is 0. The predicted octanol–water partition coefficient (Wildman–Crippen LogP) is 9.13. The van der Waals surface area contributed by atoms with Crippen LogP contribution in [0.25, 0.3) is 11.1 Å². The van der Waals surface area contributed by atoms with E-state index in [0.717, 1.165) is 43.3 Å². The van der Waals surface area contributed by atoms with Crippen molar-refractivity contribution >= 4 is 0 Å². The molecule has 2 aliphatic rings. The van der Waals surface area contributed by atoms with E-state index in [4.69, 9.17) is 4.74 Å². The number of rotatable bonds is 9. The SMILES string of the molecule is CCCOCC1CCC(c2ccc(-c3ccc(C4CCC(CCC)CC4)cc3)cc2)CC1. The first-order valence-electron chi connectivity index (χ1n) is 13.5. The highest BCUT2D eigenvalue weighted by Crippen LogP contribution is 2.39. The van der Waals surface area contributed by atoms with Gasteiger partial charge in [0.2, 0.25) is 0 Å². The maximum atomic E-state index is 5.79. The third-order valence-corrected chi connectivity index (χ3v) is 8.19. The third-order valence-electron chi connectivity index (χ3n) is 8.19. The Morgan fingerprint density at radius 1 is 0.594 bits per heavy atom. The first kappa shape index (κ1) is 23.6. The molecular weight excluding hydrogens is 388 g/mol. The van der Waals surface area contributed by atoms with Crippen molar-refractivity contribution in [3.05, 3.63) is 59.7 Å². The molecule has 0 bridgehead atoms. The lowest BCUT2D eigenvalue weighted by Crippen LogP contribution is -2.18. The minimum Gasteiger partial charge on any atom is -0.381 e. The van der Waals surface area contributed by atoms with Crippen LogP contribution >= 0.6 is 0 Å². The Morgan fingerprint density at radius 2 is 1.06 bits per heavy atom. The van der Waals surface area contributed by atoms with Crippen molar-refractivity contribution in [3.63, 3.8) is 0 Å². The van der Waals surface area contributed by atoms with Gasteiger partial charge in [-0.1, -0.05) is 75.2 Å². The number of hydrogen-bond donors (Lipinski definition) is 0. The Bertz CT molecular complexity index is 774. The van der Waals surface area contributed by atoms with Crippen LogP contribution in [0, 0.1) is 11.8 Å². The molecule has 0 N–H and O–H groups in total. The van der Waals surface area contributed by atoms with Gasteiger partial charge in [0.25, 0.3) is 0 Å². The highest BCUT2D eigenvalue weighted by Gasteiger charge is 2.23. The van der Waals surface area contributed by atoms with Crippen LogP contribution in [0.1, 0.15) is 107 Å². The monoisotopic (exact) mass is 432 g/mol. The van der Waals surface area contributed by atoms with Gasteiger partial charge in [0.1, 0.15) is 0 Å². The molecule has 0 aromatic heterocycles. The molecule has 174 valence electrons. The molecule has 2 aliphatic carbocycles. The molecule has 0 aliphatic heterocycles. The van der Waals surface area contributed by atoms with Crippen molar-refractivity contribution in [1.82, 2.24) is 0 Å². The van der Waals surface area contributed by atoms with Gasteiger partial charge in [-0.05, 0) is 104 Å². The fraction of sp³-hybridized carbons (Fsp3) is 0.613. The standard InChI is InChI=1S/C31H44O/c1-3-5-24-6-10-26(11-7-24)28-14-18-30(19-15-28)31-20-16-29(17-21-31)27-12-8-25(9-13-27)23-32-22-4-2/h14-21,24-27H,3-13,22-23H2,1-2H3. The molecule has 2 aromatic carbocycles. The Kier molecular flexibility index (Phi) is 8.85. The average Bonchev–Trinajstić information content (AvgIpc) is 2.86. The normalized spacial score (nSPS) is 26.2. The smallest absolute Gasteiger partial charge is 0.0494 e. The highest BCUT2D eigenvalue weighted by molar-refractivity contribution is 5.64. The van der Waals surface area contributed by atoms with Crippen LogP contribution in [0.15, 0.2) is 48.5 Å². The van der Waals surface area contributed by atoms with Gasteiger partial charge in [-0.25, -0.2) is 0 Å². The molecule has 0 radical (unpaired) electrons. The maximum Gasteiger partial charge on any atom is 0.0494 e. The van der Waals surface area contributed by atoms with E-state index in [-0.39, 0.29) is 0 Å². The van der Waals surface area contributed by atoms with Crippen LogP contribution in [0.3, 0.4) is 0 Å². The Labute approximate surface area is 197 Å². The third kappa shape index (κ3) is 6.25. The lowest BCUT2D eigenvalue weighted by Gasteiger charge is -2.29. The van der Waals surface area contributed by atoms with Gasteiger partial charge in [0, 0.05) is 13.2 Å². The van der Waals surface area contributed by atoms with Gasteiger partial charge in [-0.2, -0.15) is 0 Å². The first-order valence-corrected chi connectivity index (χ1v) is 13.5. The lowest BCUT2D eigenvalue weighted by molar-refractivity contribution is 0.0832. The molecule has 0 amide bonds. The summed E-state index contributed by atoms with van der Waals surface area (Å²) in [4.78, 5) is 0. The number of benzene rings is 2. The van der Waals surface area contributed by atoms with E-state index in [0.29, 0.717) is 0 Å². The molecule has 0 atom stereocenters. The second kappa shape index (κ2) is 12.0. The molecule has 2 saturated carbocycles. The molecule has 0 saturated heterocycles. The largest absolute Gasteiger partial charge is 0.381 e. The van der Waals surface area contributed by atoms with E-state index in [2.05, 4.69) is 62.4 Å². The van der Waals surface area contributed by atoms with Gasteiger partial charge < -0.3 is 4.74 Å². The molecule has 1 nitrogen and oxygen atoms in total. The molecule has 4 rings (SSSR count). The zero-order valence-corrected chi connectivity index (χ0v) is 20.5. The van der Waals surface area contributed by atoms with Gasteiger partial charge in [-0.3, -0.25) is 0 Å². The van der Waals surface area contributed by atoms with Crippen LogP contribution < -0.4 is 0 Å². The van der Waals surface area contributed by atoms with Gasteiger partial charge in [0.05, 0.1) is 0 Å². The lowest BCUT2D eigenvalue weighted by atomic mass is 9.77. The number of hydrogen-bond acceptors (Lipinski definition) is 1. The molecule has 32 heavy (non-hydrogen) atoms. The van der Waals surface area contributed by atoms with Gasteiger partial charge >= 0.3 is 0 Å². The Morgan fingerprint density at radius 3 is 1.50 bits per heavy atom. The minimum atomic E-state index is 0.733. The Balaban J connectivity index is 1.29. The fourth-order valence-corrected chi connectivity index (χ4v) is 6.14. The molecule has 0 unspecified atom stereocenters. The van der Waals surface area contributed by atoms with Crippen molar-refractivity contribution in [2.75, 3.05) is 13.2 Å². The summed E-state index contributed by atoms with van der Waals surface area (Å²) in [6.45, 7) is 6.40. The Hall–Kier alpha value is -1.60. The second-order valence-electron chi connectivity index (χ2n) is 10.5. The predicted molar refractivity (Wildman–Crippen MR) is 137 cm³/mol. The topological polar surface area (TPSA) is 9.23 Å². The molecule has 0 spiro atoms. The summed E-state index contributed by atoms with van der Waals surface area (Å²) in [6, 6.07) is 19.0. The maximum absolute atomic E-state index is 5.79.